The smallest absolute Gasteiger partial charge is 0.322 e. The van der Waals surface area contributed by atoms with Crippen molar-refractivity contribution in [2.24, 2.45) is 0 Å². The Morgan fingerprint density at radius 1 is 1.11 bits per heavy atom. The van der Waals surface area contributed by atoms with Gasteiger partial charge in [-0.25, -0.2) is 9.78 Å². The number of aromatic nitrogens is 2. The van der Waals surface area contributed by atoms with Gasteiger partial charge in [0.05, 0.1) is 43.5 Å². The Kier molecular flexibility index (Phi) is 6.94. The minimum atomic E-state index is -0.0886. The fourth-order valence-electron chi connectivity index (χ4n) is 5.43. The van der Waals surface area contributed by atoms with Gasteiger partial charge in [-0.1, -0.05) is 41.4 Å². The van der Waals surface area contributed by atoms with Crippen molar-refractivity contribution in [2.75, 3.05) is 31.1 Å². The quantitative estimate of drug-likeness (QED) is 0.286. The molecule has 10 heteroatoms. The average Bonchev–Trinajstić information content (AvgIpc) is 3.65. The lowest BCUT2D eigenvalue weighted by Crippen LogP contribution is -2.47. The zero-order valence-corrected chi connectivity index (χ0v) is 23.1. The van der Waals surface area contributed by atoms with E-state index in [9.17, 15) is 4.79 Å². The molecular formula is C27H25Cl2N5OS2. The molecule has 0 atom stereocenters. The van der Waals surface area contributed by atoms with Gasteiger partial charge in [0.2, 0.25) is 0 Å². The predicted octanol–water partition coefficient (Wildman–Crippen LogP) is 6.84. The second-order valence-corrected chi connectivity index (χ2v) is 12.2. The van der Waals surface area contributed by atoms with Crippen molar-refractivity contribution in [1.82, 2.24) is 20.2 Å². The third-order valence-electron chi connectivity index (χ3n) is 7.34. The lowest BCUT2D eigenvalue weighted by atomic mass is 9.74. The van der Waals surface area contributed by atoms with Crippen molar-refractivity contribution in [3.8, 4) is 0 Å². The van der Waals surface area contributed by atoms with Gasteiger partial charge in [-0.15, -0.1) is 22.7 Å². The summed E-state index contributed by atoms with van der Waals surface area (Å²) >= 11 is 15.4. The maximum absolute atomic E-state index is 13.3. The number of fused-ring (bicyclic) bond motifs is 4. The average molecular weight is 571 g/mol. The minimum absolute atomic E-state index is 0.0620. The second kappa shape index (κ2) is 10.3. The van der Waals surface area contributed by atoms with Gasteiger partial charge in [0, 0.05) is 35.1 Å². The molecule has 1 spiro atoms. The number of hydrogen-bond acceptors (Lipinski definition) is 6. The highest BCUT2D eigenvalue weighted by molar-refractivity contribution is 7.16. The van der Waals surface area contributed by atoms with Crippen molar-refractivity contribution in [3.05, 3.63) is 79.7 Å². The van der Waals surface area contributed by atoms with Gasteiger partial charge in [0.25, 0.3) is 0 Å². The fraction of sp³-hybridized carbons (Fsp3) is 0.296. The van der Waals surface area contributed by atoms with Crippen LogP contribution in [-0.2, 0) is 12.0 Å². The number of thiazole rings is 2. The van der Waals surface area contributed by atoms with Gasteiger partial charge in [-0.3, -0.25) is 14.8 Å². The van der Waals surface area contributed by atoms with Gasteiger partial charge < -0.3 is 5.32 Å². The first-order valence-corrected chi connectivity index (χ1v) is 14.7. The Morgan fingerprint density at radius 2 is 1.97 bits per heavy atom. The molecule has 4 aromatic rings. The minimum Gasteiger partial charge on any atom is -0.333 e. The Bertz CT molecular complexity index is 1460. The summed E-state index contributed by atoms with van der Waals surface area (Å²) in [5.74, 6) is 0. The summed E-state index contributed by atoms with van der Waals surface area (Å²) in [6.45, 7) is 3.95. The van der Waals surface area contributed by atoms with Crippen molar-refractivity contribution in [1.29, 1.82) is 0 Å². The number of nitrogens with one attached hydrogen (secondary N) is 1. The number of carbonyl (C=O) groups is 1. The summed E-state index contributed by atoms with van der Waals surface area (Å²) in [4.78, 5) is 27.6. The molecule has 190 valence electrons. The maximum atomic E-state index is 13.3. The van der Waals surface area contributed by atoms with Crippen molar-refractivity contribution in [2.45, 2.75) is 24.8 Å². The molecule has 0 bridgehead atoms. The van der Waals surface area contributed by atoms with E-state index in [4.69, 9.17) is 28.2 Å². The fourth-order valence-corrected chi connectivity index (χ4v) is 6.96. The SMILES string of the molecule is O=C(NCc1cncs1)N1CC2(CCN(CC=Cc3ccc(Cl)c(Cl)c3)CC2)c2c1ccc1scnc21. The number of anilines is 1. The lowest BCUT2D eigenvalue weighted by molar-refractivity contribution is 0.180. The number of amides is 2. The number of halogens is 2. The molecule has 1 fully saturated rings. The van der Waals surface area contributed by atoms with Gasteiger partial charge in [0.1, 0.15) is 0 Å². The molecule has 6 nitrogen and oxygen atoms in total. The summed E-state index contributed by atoms with van der Waals surface area (Å²) in [6, 6.07) is 9.81. The molecule has 2 aliphatic heterocycles. The second-order valence-electron chi connectivity index (χ2n) is 9.53. The van der Waals surface area contributed by atoms with Crippen molar-refractivity contribution >= 4 is 73.9 Å². The summed E-state index contributed by atoms with van der Waals surface area (Å²) in [6.07, 6.45) is 8.03. The number of hydrogen-bond donors (Lipinski definition) is 1. The van der Waals surface area contributed by atoms with Crippen LogP contribution in [0.5, 0.6) is 0 Å². The Hall–Kier alpha value is -2.49. The highest BCUT2D eigenvalue weighted by atomic mass is 35.5. The number of piperidine rings is 1. The molecule has 0 unspecified atom stereocenters. The molecule has 2 aromatic carbocycles. The van der Waals surface area contributed by atoms with Crippen LogP contribution in [0, 0.1) is 0 Å². The van der Waals surface area contributed by atoms with E-state index in [1.807, 2.05) is 28.6 Å². The van der Waals surface area contributed by atoms with Crippen LogP contribution >= 0.6 is 45.9 Å². The van der Waals surface area contributed by atoms with Crippen molar-refractivity contribution < 1.29 is 4.79 Å². The van der Waals surface area contributed by atoms with Crippen LogP contribution in [0.25, 0.3) is 16.3 Å². The number of nitrogens with zero attached hydrogens (tertiary/aromatic N) is 4. The molecule has 2 aliphatic rings. The zero-order valence-electron chi connectivity index (χ0n) is 20.0. The van der Waals surface area contributed by atoms with Crippen LogP contribution < -0.4 is 10.2 Å². The van der Waals surface area contributed by atoms with E-state index in [2.05, 4.69) is 39.5 Å². The monoisotopic (exact) mass is 569 g/mol. The largest absolute Gasteiger partial charge is 0.333 e. The zero-order chi connectivity index (χ0) is 25.4. The van der Waals surface area contributed by atoms with Crippen LogP contribution in [0.3, 0.4) is 0 Å². The molecule has 0 aliphatic carbocycles. The lowest BCUT2D eigenvalue weighted by Gasteiger charge is -2.39. The highest BCUT2D eigenvalue weighted by Gasteiger charge is 2.47. The molecule has 2 amide bonds. The molecule has 1 saturated heterocycles. The van der Waals surface area contributed by atoms with E-state index in [0.29, 0.717) is 23.1 Å². The van der Waals surface area contributed by atoms with E-state index in [0.717, 1.165) is 54.1 Å². The van der Waals surface area contributed by atoms with E-state index >= 15 is 0 Å². The van der Waals surface area contributed by atoms with Crippen molar-refractivity contribution in [3.63, 3.8) is 0 Å². The standard InChI is InChI=1S/C27H25Cl2N5OS2/c28-20-4-3-18(12-21(20)29)2-1-9-33-10-7-27(8-11-33)15-34(26(35)31-14-19-13-30-16-36-19)22-5-6-23-25(24(22)27)32-17-37-23/h1-6,12-13,16-17H,7-11,14-15H2,(H,31,35). The highest BCUT2D eigenvalue weighted by Crippen LogP contribution is 2.50. The van der Waals surface area contributed by atoms with E-state index in [-0.39, 0.29) is 11.4 Å². The first kappa shape index (κ1) is 24.8. The van der Waals surface area contributed by atoms with Gasteiger partial charge in [-0.2, -0.15) is 0 Å². The Balaban J connectivity index is 1.18. The number of rotatable bonds is 5. The first-order chi connectivity index (χ1) is 18.0. The number of urea groups is 1. The molecule has 0 saturated carbocycles. The normalized spacial score (nSPS) is 17.2. The predicted molar refractivity (Wildman–Crippen MR) is 154 cm³/mol. The molecule has 37 heavy (non-hydrogen) atoms. The van der Waals surface area contributed by atoms with Crippen LogP contribution in [-0.4, -0.2) is 47.1 Å². The third-order valence-corrected chi connectivity index (χ3v) is 9.65. The third kappa shape index (κ3) is 4.89. The molecular weight excluding hydrogens is 545 g/mol. The van der Waals surface area contributed by atoms with Crippen LogP contribution in [0.15, 0.2) is 53.6 Å². The van der Waals surface area contributed by atoms with Crippen LogP contribution in [0.1, 0.15) is 28.8 Å². The molecule has 2 aromatic heterocycles. The van der Waals surface area contributed by atoms with Crippen LogP contribution in [0.2, 0.25) is 10.0 Å². The maximum Gasteiger partial charge on any atom is 0.322 e. The molecule has 0 radical (unpaired) electrons. The van der Waals surface area contributed by atoms with E-state index in [1.54, 1.807) is 34.4 Å². The van der Waals surface area contributed by atoms with E-state index < -0.39 is 0 Å². The number of benzene rings is 2. The van der Waals surface area contributed by atoms with Crippen LogP contribution in [0.4, 0.5) is 10.5 Å². The van der Waals surface area contributed by atoms with E-state index in [1.165, 1.54) is 10.3 Å². The Morgan fingerprint density at radius 3 is 2.76 bits per heavy atom. The number of likely N-dealkylation sites (tertiary alicyclic amines) is 1. The molecule has 6 rings (SSSR count). The summed E-state index contributed by atoms with van der Waals surface area (Å²) < 4.78 is 1.18. The first-order valence-electron chi connectivity index (χ1n) is 12.2. The molecule has 1 N–H and O–H groups in total. The summed E-state index contributed by atoms with van der Waals surface area (Å²) in [5.41, 5.74) is 7.93. The molecule has 4 heterocycles. The summed E-state index contributed by atoms with van der Waals surface area (Å²) in [7, 11) is 0. The van der Waals surface area contributed by atoms with Gasteiger partial charge >= 0.3 is 6.03 Å². The summed E-state index contributed by atoms with van der Waals surface area (Å²) in [5, 5.41) is 4.23. The van der Waals surface area contributed by atoms with Gasteiger partial charge in [0.15, 0.2) is 0 Å². The topological polar surface area (TPSA) is 61.4 Å². The number of carbonyl (C=O) groups excluding carboxylic acids is 1. The Labute approximate surface area is 233 Å². The van der Waals surface area contributed by atoms with Gasteiger partial charge in [-0.05, 0) is 55.8 Å².